The van der Waals surface area contributed by atoms with E-state index < -0.39 is 0 Å². The minimum atomic E-state index is 0.536. The number of benzene rings is 7. The van der Waals surface area contributed by atoms with Crippen LogP contribution in [0.5, 0.6) is 0 Å². The Labute approximate surface area is 277 Å². The van der Waals surface area contributed by atoms with Crippen molar-refractivity contribution in [1.82, 2.24) is 9.13 Å². The van der Waals surface area contributed by atoms with Crippen LogP contribution in [0.3, 0.4) is 0 Å². The first-order valence-corrected chi connectivity index (χ1v) is 15.9. The van der Waals surface area contributed by atoms with Gasteiger partial charge < -0.3 is 9.13 Å². The Balaban J connectivity index is 1.26. The molecule has 0 aliphatic heterocycles. The van der Waals surface area contributed by atoms with E-state index in [0.717, 1.165) is 66.5 Å². The van der Waals surface area contributed by atoms with Crippen LogP contribution in [0.25, 0.3) is 82.1 Å². The molecule has 4 heteroatoms. The summed E-state index contributed by atoms with van der Waals surface area (Å²) in [5, 5.41) is 14.7. The average molecular weight is 611 g/mol. The normalized spacial score (nSPS) is 11.3. The molecule has 222 valence electrons. The van der Waals surface area contributed by atoms with Gasteiger partial charge in [0.25, 0.3) is 0 Å². The summed E-state index contributed by atoms with van der Waals surface area (Å²) in [5.74, 6) is 0. The highest BCUT2D eigenvalue weighted by atomic mass is 15.0. The second-order valence-corrected chi connectivity index (χ2v) is 12.0. The van der Waals surface area contributed by atoms with Gasteiger partial charge in [-0.1, -0.05) is 103 Å². The number of nitrogens with zero attached hydrogens (tertiary/aromatic N) is 4. The molecule has 2 heterocycles. The molecule has 4 nitrogen and oxygen atoms in total. The Bertz CT molecular complexity index is 2710. The van der Waals surface area contributed by atoms with Crippen molar-refractivity contribution in [2.24, 2.45) is 0 Å². The third-order valence-corrected chi connectivity index (χ3v) is 9.37. The van der Waals surface area contributed by atoms with Crippen molar-refractivity contribution in [1.29, 1.82) is 5.26 Å². The first kappa shape index (κ1) is 27.4. The van der Waals surface area contributed by atoms with Crippen LogP contribution in [0.1, 0.15) is 5.56 Å². The van der Waals surface area contributed by atoms with Crippen LogP contribution in [-0.2, 0) is 0 Å². The summed E-state index contributed by atoms with van der Waals surface area (Å²) < 4.78 is 4.57. The zero-order valence-electron chi connectivity index (χ0n) is 25.8. The Hall–Kier alpha value is -6.88. The van der Waals surface area contributed by atoms with Gasteiger partial charge in [0.1, 0.15) is 0 Å². The van der Waals surface area contributed by atoms with Gasteiger partial charge in [-0.05, 0) is 76.9 Å². The van der Waals surface area contributed by atoms with Gasteiger partial charge in [0.2, 0.25) is 0 Å². The van der Waals surface area contributed by atoms with Gasteiger partial charge in [0, 0.05) is 27.2 Å². The maximum Gasteiger partial charge on any atom is 0.195 e. The highest BCUT2D eigenvalue weighted by Gasteiger charge is 2.19. The van der Waals surface area contributed by atoms with Crippen LogP contribution in [0.4, 0.5) is 5.69 Å². The number of para-hydroxylation sites is 4. The second kappa shape index (κ2) is 10.9. The molecule has 48 heavy (non-hydrogen) atoms. The Morgan fingerprint density at radius 1 is 0.479 bits per heavy atom. The van der Waals surface area contributed by atoms with Crippen LogP contribution in [0.15, 0.2) is 158 Å². The van der Waals surface area contributed by atoms with E-state index in [1.165, 1.54) is 10.8 Å². The highest BCUT2D eigenvalue weighted by Crippen LogP contribution is 2.42. The minimum absolute atomic E-state index is 0.536. The summed E-state index contributed by atoms with van der Waals surface area (Å²) >= 11 is 0. The zero-order valence-corrected chi connectivity index (χ0v) is 25.8. The predicted molar refractivity (Wildman–Crippen MR) is 197 cm³/mol. The first-order valence-electron chi connectivity index (χ1n) is 15.9. The van der Waals surface area contributed by atoms with Gasteiger partial charge >= 0.3 is 0 Å². The maximum absolute atomic E-state index is 9.98. The van der Waals surface area contributed by atoms with Gasteiger partial charge in [-0.3, -0.25) is 0 Å². The Morgan fingerprint density at radius 2 is 1.02 bits per heavy atom. The summed E-state index contributed by atoms with van der Waals surface area (Å²) in [7, 11) is 0. The van der Waals surface area contributed by atoms with E-state index in [1.807, 2.05) is 30.3 Å². The van der Waals surface area contributed by atoms with Crippen molar-refractivity contribution >= 4 is 49.3 Å². The molecule has 0 bridgehead atoms. The smallest absolute Gasteiger partial charge is 0.195 e. The molecule has 0 fully saturated rings. The molecule has 0 aliphatic rings. The van der Waals surface area contributed by atoms with E-state index in [4.69, 9.17) is 6.57 Å². The van der Waals surface area contributed by atoms with Crippen molar-refractivity contribution in [2.75, 3.05) is 0 Å². The van der Waals surface area contributed by atoms with E-state index in [-0.39, 0.29) is 0 Å². The Morgan fingerprint density at radius 3 is 1.58 bits per heavy atom. The lowest BCUT2D eigenvalue weighted by atomic mass is 9.95. The third-order valence-electron chi connectivity index (χ3n) is 9.37. The molecule has 0 N–H and O–H groups in total. The van der Waals surface area contributed by atoms with Crippen molar-refractivity contribution < 1.29 is 0 Å². The highest BCUT2D eigenvalue weighted by molar-refractivity contribution is 6.10. The van der Waals surface area contributed by atoms with E-state index in [9.17, 15) is 5.26 Å². The molecule has 0 atom stereocenters. The van der Waals surface area contributed by atoms with Crippen molar-refractivity contribution in [3.05, 3.63) is 175 Å². The summed E-state index contributed by atoms with van der Waals surface area (Å²) in [5.41, 5.74) is 11.2. The fraction of sp³-hybridized carbons (Fsp3) is 0. The topological polar surface area (TPSA) is 38.0 Å². The number of aromatic nitrogens is 2. The fourth-order valence-corrected chi connectivity index (χ4v) is 7.25. The number of hydrogen-bond donors (Lipinski definition) is 0. The van der Waals surface area contributed by atoms with Crippen LogP contribution in [0, 0.1) is 17.9 Å². The number of rotatable bonds is 4. The molecule has 0 radical (unpaired) electrons. The fourth-order valence-electron chi connectivity index (χ4n) is 7.25. The van der Waals surface area contributed by atoms with Crippen LogP contribution in [0.2, 0.25) is 0 Å². The minimum Gasteiger partial charge on any atom is -0.309 e. The van der Waals surface area contributed by atoms with Crippen molar-refractivity contribution in [3.8, 4) is 39.7 Å². The standard InChI is InChI=1S/C44H26N4/c1-46-39-23-22-31(30-11-10-12-32(26-30)47-40-17-6-2-13-33(40)34-14-3-7-18-41(34)47)27-37(39)38-25-29(28-45)21-24-44(38)48-42-19-8-4-15-35(42)36-16-5-9-20-43(36)48/h2-27H. The van der Waals surface area contributed by atoms with E-state index in [1.54, 1.807) is 0 Å². The second-order valence-electron chi connectivity index (χ2n) is 12.0. The maximum atomic E-state index is 9.98. The van der Waals surface area contributed by atoms with E-state index in [2.05, 4.69) is 147 Å². The largest absolute Gasteiger partial charge is 0.309 e. The molecule has 0 unspecified atom stereocenters. The lowest BCUT2D eigenvalue weighted by molar-refractivity contribution is 1.18. The Kier molecular flexibility index (Phi) is 6.22. The first-order chi connectivity index (χ1) is 23.7. The molecule has 0 spiro atoms. The van der Waals surface area contributed by atoms with E-state index in [0.29, 0.717) is 11.3 Å². The molecule has 9 aromatic rings. The van der Waals surface area contributed by atoms with Gasteiger partial charge in [-0.25, -0.2) is 4.85 Å². The predicted octanol–water partition coefficient (Wildman–Crippen LogP) is 11.6. The average Bonchev–Trinajstić information content (AvgIpc) is 3.67. The number of nitriles is 1. The number of hydrogen-bond acceptors (Lipinski definition) is 1. The number of fused-ring (bicyclic) bond motifs is 6. The van der Waals surface area contributed by atoms with Crippen LogP contribution in [-0.4, -0.2) is 9.13 Å². The zero-order chi connectivity index (χ0) is 32.2. The summed E-state index contributed by atoms with van der Waals surface area (Å²) in [6.07, 6.45) is 0. The molecule has 2 aromatic heterocycles. The summed E-state index contributed by atoms with van der Waals surface area (Å²) in [6.45, 7) is 8.15. The van der Waals surface area contributed by atoms with Crippen LogP contribution < -0.4 is 0 Å². The lowest BCUT2D eigenvalue weighted by Crippen LogP contribution is -1.98. The molecule has 0 saturated carbocycles. The molecule has 0 amide bonds. The summed E-state index contributed by atoms with van der Waals surface area (Å²) in [4.78, 5) is 3.96. The van der Waals surface area contributed by atoms with E-state index >= 15 is 0 Å². The molecule has 0 saturated heterocycles. The molecule has 0 aliphatic carbocycles. The lowest BCUT2D eigenvalue weighted by Gasteiger charge is -2.17. The van der Waals surface area contributed by atoms with Crippen molar-refractivity contribution in [3.63, 3.8) is 0 Å². The molecule has 9 rings (SSSR count). The molecule has 7 aromatic carbocycles. The molecular formula is C44H26N4. The SMILES string of the molecule is [C-]#[N+]c1ccc(-c2cccc(-n3c4ccccc4c4ccccc43)c2)cc1-c1cc(C#N)ccc1-n1c2ccccc2c2ccccc21. The monoisotopic (exact) mass is 610 g/mol. The third kappa shape index (κ3) is 4.14. The summed E-state index contributed by atoms with van der Waals surface area (Å²) in [6, 6.07) is 56.5. The van der Waals surface area contributed by atoms with Gasteiger partial charge in [0.15, 0.2) is 5.69 Å². The van der Waals surface area contributed by atoms with Crippen LogP contribution >= 0.6 is 0 Å². The van der Waals surface area contributed by atoms with Gasteiger partial charge in [-0.15, -0.1) is 0 Å². The van der Waals surface area contributed by atoms with Gasteiger partial charge in [-0.2, -0.15) is 5.26 Å². The van der Waals surface area contributed by atoms with Gasteiger partial charge in [0.05, 0.1) is 46.0 Å². The van der Waals surface area contributed by atoms with Crippen molar-refractivity contribution in [2.45, 2.75) is 0 Å². The molecular weight excluding hydrogens is 585 g/mol. The quantitative estimate of drug-likeness (QED) is 0.183.